The molecule has 5 heteroatoms. The number of hydroxylamine groups is 1. The average Bonchev–Trinajstić information content (AvgIpc) is 2.42. The second-order valence-electron chi connectivity index (χ2n) is 3.79. The lowest BCUT2D eigenvalue weighted by Gasteiger charge is -2.17. The molecule has 0 spiro atoms. The van der Waals surface area contributed by atoms with Crippen LogP contribution in [-0.2, 0) is 9.57 Å². The molecule has 0 saturated carbocycles. The van der Waals surface area contributed by atoms with E-state index in [-0.39, 0.29) is 6.04 Å². The summed E-state index contributed by atoms with van der Waals surface area (Å²) in [6, 6.07) is 5.71. The Morgan fingerprint density at radius 1 is 1.11 bits per heavy atom. The van der Waals surface area contributed by atoms with Crippen molar-refractivity contribution in [1.82, 2.24) is 5.48 Å². The molecule has 0 amide bonds. The highest BCUT2D eigenvalue weighted by Crippen LogP contribution is 2.29. The zero-order chi connectivity index (χ0) is 13.4. The first-order chi connectivity index (χ1) is 8.72. The lowest BCUT2D eigenvalue weighted by atomic mass is 10.1. The highest BCUT2D eigenvalue weighted by atomic mass is 16.7. The molecule has 0 aliphatic carbocycles. The van der Waals surface area contributed by atoms with Crippen LogP contribution in [0.2, 0.25) is 0 Å². The third-order valence-corrected chi connectivity index (χ3v) is 2.56. The molecule has 0 saturated heterocycles. The fourth-order valence-electron chi connectivity index (χ4n) is 1.55. The van der Waals surface area contributed by atoms with E-state index < -0.39 is 0 Å². The molecule has 0 fully saturated rings. The highest BCUT2D eigenvalue weighted by molar-refractivity contribution is 5.42. The zero-order valence-corrected chi connectivity index (χ0v) is 11.4. The number of hydrogen-bond donors (Lipinski definition) is 1. The highest BCUT2D eigenvalue weighted by Gasteiger charge is 2.12. The summed E-state index contributed by atoms with van der Waals surface area (Å²) in [5, 5.41) is 0. The van der Waals surface area contributed by atoms with Crippen LogP contribution in [0.25, 0.3) is 0 Å². The van der Waals surface area contributed by atoms with Crippen molar-refractivity contribution in [2.24, 2.45) is 0 Å². The van der Waals surface area contributed by atoms with Crippen molar-refractivity contribution in [3.8, 4) is 11.5 Å². The van der Waals surface area contributed by atoms with Gasteiger partial charge in [0, 0.05) is 18.7 Å². The van der Waals surface area contributed by atoms with Crippen molar-refractivity contribution in [2.45, 2.75) is 13.0 Å². The minimum Gasteiger partial charge on any atom is -0.497 e. The minimum atomic E-state index is 0.0164. The summed E-state index contributed by atoms with van der Waals surface area (Å²) >= 11 is 0. The van der Waals surface area contributed by atoms with Crippen molar-refractivity contribution in [1.29, 1.82) is 0 Å². The van der Waals surface area contributed by atoms with E-state index in [1.165, 1.54) is 0 Å². The van der Waals surface area contributed by atoms with Gasteiger partial charge < -0.3 is 14.2 Å². The Balaban J connectivity index is 2.63. The molecule has 0 bridgehead atoms. The van der Waals surface area contributed by atoms with Crippen LogP contribution in [0, 0.1) is 0 Å². The lowest BCUT2D eigenvalue weighted by molar-refractivity contribution is -0.00958. The molecule has 18 heavy (non-hydrogen) atoms. The second-order valence-corrected chi connectivity index (χ2v) is 3.79. The SMILES string of the molecule is COCCONC(C)c1ccc(OC)cc1OC. The van der Waals surface area contributed by atoms with Gasteiger partial charge in [-0.05, 0) is 19.1 Å². The minimum absolute atomic E-state index is 0.0164. The second kappa shape index (κ2) is 7.92. The molecule has 0 radical (unpaired) electrons. The Kier molecular flexibility index (Phi) is 6.49. The van der Waals surface area contributed by atoms with E-state index >= 15 is 0 Å². The van der Waals surface area contributed by atoms with Crippen LogP contribution >= 0.6 is 0 Å². The maximum absolute atomic E-state index is 5.34. The van der Waals surface area contributed by atoms with Crippen molar-refractivity contribution in [3.05, 3.63) is 23.8 Å². The summed E-state index contributed by atoms with van der Waals surface area (Å²) in [5.74, 6) is 1.53. The van der Waals surface area contributed by atoms with Gasteiger partial charge >= 0.3 is 0 Å². The van der Waals surface area contributed by atoms with Gasteiger partial charge in [-0.3, -0.25) is 4.84 Å². The van der Waals surface area contributed by atoms with Crippen LogP contribution in [0.1, 0.15) is 18.5 Å². The molecule has 0 aliphatic heterocycles. The standard InChI is InChI=1S/C13H21NO4/c1-10(14-18-8-7-15-2)12-6-5-11(16-3)9-13(12)17-4/h5-6,9-10,14H,7-8H2,1-4H3. The van der Waals surface area contributed by atoms with Crippen LogP contribution in [0.3, 0.4) is 0 Å². The van der Waals surface area contributed by atoms with Crippen LogP contribution in [0.4, 0.5) is 0 Å². The number of rotatable bonds is 8. The van der Waals surface area contributed by atoms with E-state index in [1.54, 1.807) is 21.3 Å². The molecule has 0 aromatic heterocycles. The normalized spacial score (nSPS) is 12.2. The molecular weight excluding hydrogens is 234 g/mol. The Morgan fingerprint density at radius 3 is 2.50 bits per heavy atom. The van der Waals surface area contributed by atoms with Gasteiger partial charge in [0.15, 0.2) is 0 Å². The lowest BCUT2D eigenvalue weighted by Crippen LogP contribution is -2.21. The number of hydrogen-bond acceptors (Lipinski definition) is 5. The predicted octanol–water partition coefficient (Wildman–Crippen LogP) is 1.93. The first-order valence-electron chi connectivity index (χ1n) is 5.81. The summed E-state index contributed by atoms with van der Waals surface area (Å²) in [4.78, 5) is 5.28. The summed E-state index contributed by atoms with van der Waals surface area (Å²) in [6.45, 7) is 3.05. The monoisotopic (exact) mass is 255 g/mol. The smallest absolute Gasteiger partial charge is 0.127 e. The van der Waals surface area contributed by atoms with Gasteiger partial charge in [-0.15, -0.1) is 0 Å². The van der Waals surface area contributed by atoms with Crippen LogP contribution in [0.5, 0.6) is 11.5 Å². The summed E-state index contributed by atoms with van der Waals surface area (Å²) in [5.41, 5.74) is 3.96. The van der Waals surface area contributed by atoms with E-state index in [2.05, 4.69) is 5.48 Å². The number of nitrogens with one attached hydrogen (secondary N) is 1. The van der Waals surface area contributed by atoms with Gasteiger partial charge in [0.25, 0.3) is 0 Å². The quantitative estimate of drug-likeness (QED) is 0.568. The Labute approximate surface area is 108 Å². The van der Waals surface area contributed by atoms with E-state index in [1.807, 2.05) is 25.1 Å². The van der Waals surface area contributed by atoms with Gasteiger partial charge in [-0.1, -0.05) is 0 Å². The maximum atomic E-state index is 5.34. The van der Waals surface area contributed by atoms with Crippen LogP contribution in [-0.4, -0.2) is 34.5 Å². The van der Waals surface area contributed by atoms with E-state index in [0.29, 0.717) is 13.2 Å². The first-order valence-corrected chi connectivity index (χ1v) is 5.81. The van der Waals surface area contributed by atoms with E-state index in [9.17, 15) is 0 Å². The third-order valence-electron chi connectivity index (χ3n) is 2.56. The van der Waals surface area contributed by atoms with Gasteiger partial charge in [0.2, 0.25) is 0 Å². The number of benzene rings is 1. The summed E-state index contributed by atoms with van der Waals surface area (Å²) in [6.07, 6.45) is 0. The van der Waals surface area contributed by atoms with Crippen LogP contribution in [0.15, 0.2) is 18.2 Å². The Bertz CT molecular complexity index is 357. The maximum Gasteiger partial charge on any atom is 0.127 e. The molecule has 5 nitrogen and oxygen atoms in total. The topological polar surface area (TPSA) is 49.0 Å². The molecule has 1 rings (SSSR count). The van der Waals surface area contributed by atoms with Crippen molar-refractivity contribution in [2.75, 3.05) is 34.5 Å². The fraction of sp³-hybridized carbons (Fsp3) is 0.538. The molecule has 0 aliphatic rings. The predicted molar refractivity (Wildman–Crippen MR) is 68.9 cm³/mol. The van der Waals surface area contributed by atoms with E-state index in [4.69, 9.17) is 19.0 Å². The summed E-state index contributed by atoms with van der Waals surface area (Å²) in [7, 11) is 4.90. The van der Waals surface area contributed by atoms with Crippen molar-refractivity contribution >= 4 is 0 Å². The molecule has 0 heterocycles. The van der Waals surface area contributed by atoms with Gasteiger partial charge in [0.05, 0.1) is 33.5 Å². The molecule has 102 valence electrons. The number of methoxy groups -OCH3 is 3. The van der Waals surface area contributed by atoms with Crippen molar-refractivity contribution < 1.29 is 19.0 Å². The third kappa shape index (κ3) is 4.18. The molecular formula is C13H21NO4. The average molecular weight is 255 g/mol. The molecule has 1 unspecified atom stereocenters. The first kappa shape index (κ1) is 14.8. The Morgan fingerprint density at radius 2 is 1.89 bits per heavy atom. The molecule has 1 atom stereocenters. The van der Waals surface area contributed by atoms with Gasteiger partial charge in [0.1, 0.15) is 11.5 Å². The summed E-state index contributed by atoms with van der Waals surface area (Å²) < 4.78 is 15.4. The zero-order valence-electron chi connectivity index (χ0n) is 11.4. The fourth-order valence-corrected chi connectivity index (χ4v) is 1.55. The van der Waals surface area contributed by atoms with Gasteiger partial charge in [-0.2, -0.15) is 5.48 Å². The molecule has 1 aromatic rings. The van der Waals surface area contributed by atoms with Crippen LogP contribution < -0.4 is 15.0 Å². The van der Waals surface area contributed by atoms with Gasteiger partial charge in [-0.25, -0.2) is 0 Å². The van der Waals surface area contributed by atoms with E-state index in [0.717, 1.165) is 17.1 Å². The van der Waals surface area contributed by atoms with Crippen molar-refractivity contribution in [3.63, 3.8) is 0 Å². The molecule has 1 N–H and O–H groups in total. The molecule has 1 aromatic carbocycles. The number of ether oxygens (including phenoxy) is 3. The Hall–Kier alpha value is -1.30. The largest absolute Gasteiger partial charge is 0.497 e.